The minimum Gasteiger partial charge on any atom is -0.508 e. The lowest BCUT2D eigenvalue weighted by Crippen LogP contribution is -2.30. The Morgan fingerprint density at radius 2 is 1.79 bits per heavy atom. The van der Waals surface area contributed by atoms with Crippen molar-refractivity contribution in [3.63, 3.8) is 0 Å². The number of benzene rings is 2. The summed E-state index contributed by atoms with van der Waals surface area (Å²) < 4.78 is 0. The fourth-order valence-electron chi connectivity index (χ4n) is 2.45. The van der Waals surface area contributed by atoms with E-state index in [1.54, 1.807) is 6.07 Å². The quantitative estimate of drug-likeness (QED) is 0.849. The highest BCUT2D eigenvalue weighted by Gasteiger charge is 2.17. The fraction of sp³-hybridized carbons (Fsp3) is 0.200. The van der Waals surface area contributed by atoms with Gasteiger partial charge in [0, 0.05) is 18.8 Å². The van der Waals surface area contributed by atoms with Gasteiger partial charge in [-0.05, 0) is 47.9 Å². The van der Waals surface area contributed by atoms with Crippen LogP contribution in [0, 0.1) is 0 Å². The van der Waals surface area contributed by atoms with Gasteiger partial charge >= 0.3 is 0 Å². The van der Waals surface area contributed by atoms with E-state index in [-0.39, 0.29) is 0 Å². The zero-order valence-corrected chi connectivity index (χ0v) is 11.7. The molecule has 0 aromatic heterocycles. The maximum absolute atomic E-state index is 9.57. The predicted octanol–water partition coefficient (Wildman–Crippen LogP) is 4.26. The van der Waals surface area contributed by atoms with Crippen molar-refractivity contribution < 1.29 is 5.11 Å². The predicted molar refractivity (Wildman–Crippen MR) is 79.3 cm³/mol. The first-order valence-corrected chi connectivity index (χ1v) is 6.90. The molecule has 2 aromatic carbocycles. The number of phenols is 1. The summed E-state index contributed by atoms with van der Waals surface area (Å²) >= 11 is 12.0. The number of hydrogen-bond acceptors (Lipinski definition) is 2. The van der Waals surface area contributed by atoms with Gasteiger partial charge in [0.2, 0.25) is 0 Å². The third-order valence-electron chi connectivity index (χ3n) is 3.47. The van der Waals surface area contributed by atoms with E-state index in [9.17, 15) is 5.11 Å². The molecule has 3 rings (SSSR count). The average Bonchev–Trinajstić information content (AvgIpc) is 2.41. The Morgan fingerprint density at radius 1 is 0.947 bits per heavy atom. The molecule has 2 nitrogen and oxygen atoms in total. The van der Waals surface area contributed by atoms with Gasteiger partial charge in [-0.2, -0.15) is 0 Å². The van der Waals surface area contributed by atoms with Crippen molar-refractivity contribution in [2.24, 2.45) is 0 Å². The number of rotatable bonds is 1. The Kier molecular flexibility index (Phi) is 3.29. The second-order valence-electron chi connectivity index (χ2n) is 4.72. The Hall–Kier alpha value is -1.38. The molecule has 1 aliphatic rings. The number of aromatic hydroxyl groups is 1. The summed E-state index contributed by atoms with van der Waals surface area (Å²) in [6, 6.07) is 11.3. The minimum absolute atomic E-state index is 0.315. The third-order valence-corrected chi connectivity index (χ3v) is 4.21. The zero-order valence-electron chi connectivity index (χ0n) is 10.2. The molecule has 1 aliphatic heterocycles. The van der Waals surface area contributed by atoms with Gasteiger partial charge in [0.25, 0.3) is 0 Å². The number of halogens is 2. The van der Waals surface area contributed by atoms with Crippen LogP contribution in [-0.4, -0.2) is 11.7 Å². The van der Waals surface area contributed by atoms with Crippen molar-refractivity contribution in [1.29, 1.82) is 0 Å². The standard InChI is InChI=1S/C15H13Cl2NO/c16-14-4-2-12(8-15(14)17)18-6-5-10-1-3-13(19)7-11(10)9-18/h1-4,7-8,19H,5-6,9H2. The molecule has 0 saturated carbocycles. The summed E-state index contributed by atoms with van der Waals surface area (Å²) in [6.07, 6.45) is 0.968. The zero-order chi connectivity index (χ0) is 13.4. The smallest absolute Gasteiger partial charge is 0.115 e. The highest BCUT2D eigenvalue weighted by Crippen LogP contribution is 2.31. The molecule has 0 bridgehead atoms. The van der Waals surface area contributed by atoms with Crippen molar-refractivity contribution in [2.75, 3.05) is 11.4 Å². The van der Waals surface area contributed by atoms with Crippen molar-refractivity contribution >= 4 is 28.9 Å². The first-order chi connectivity index (χ1) is 9.13. The first kappa shape index (κ1) is 12.6. The van der Waals surface area contributed by atoms with E-state index < -0.39 is 0 Å². The monoisotopic (exact) mass is 293 g/mol. The van der Waals surface area contributed by atoms with Crippen LogP contribution in [0.15, 0.2) is 36.4 Å². The molecule has 98 valence electrons. The molecule has 0 spiro atoms. The van der Waals surface area contributed by atoms with Crippen LogP contribution in [0.3, 0.4) is 0 Å². The molecule has 1 heterocycles. The number of anilines is 1. The van der Waals surface area contributed by atoms with Gasteiger partial charge in [0.05, 0.1) is 10.0 Å². The molecule has 0 saturated heterocycles. The van der Waals surface area contributed by atoms with E-state index in [1.807, 2.05) is 30.3 Å². The van der Waals surface area contributed by atoms with Gasteiger partial charge in [-0.15, -0.1) is 0 Å². The first-order valence-electron chi connectivity index (χ1n) is 6.14. The van der Waals surface area contributed by atoms with Gasteiger partial charge in [-0.25, -0.2) is 0 Å². The lowest BCUT2D eigenvalue weighted by Gasteiger charge is -2.31. The molecular formula is C15H13Cl2NO. The minimum atomic E-state index is 0.315. The summed E-state index contributed by atoms with van der Waals surface area (Å²) in [7, 11) is 0. The normalized spacial score (nSPS) is 14.3. The van der Waals surface area contributed by atoms with E-state index in [0.717, 1.165) is 30.8 Å². The Labute approximate surface area is 122 Å². The van der Waals surface area contributed by atoms with Crippen LogP contribution in [0.1, 0.15) is 11.1 Å². The largest absolute Gasteiger partial charge is 0.508 e. The van der Waals surface area contributed by atoms with E-state index in [1.165, 1.54) is 5.56 Å². The summed E-state index contributed by atoms with van der Waals surface area (Å²) in [5.74, 6) is 0.315. The topological polar surface area (TPSA) is 23.5 Å². The average molecular weight is 294 g/mol. The number of hydrogen-bond donors (Lipinski definition) is 1. The molecular weight excluding hydrogens is 281 g/mol. The molecule has 0 atom stereocenters. The second kappa shape index (κ2) is 4.95. The van der Waals surface area contributed by atoms with Gasteiger partial charge in [-0.1, -0.05) is 29.3 Å². The Morgan fingerprint density at radius 3 is 2.58 bits per heavy atom. The van der Waals surface area contributed by atoms with Crippen molar-refractivity contribution in [3.8, 4) is 5.75 Å². The van der Waals surface area contributed by atoms with Crippen LogP contribution >= 0.6 is 23.2 Å². The molecule has 0 fully saturated rings. The molecule has 1 N–H and O–H groups in total. The highest BCUT2D eigenvalue weighted by molar-refractivity contribution is 6.42. The summed E-state index contributed by atoms with van der Waals surface area (Å²) in [5, 5.41) is 10.7. The third kappa shape index (κ3) is 2.51. The molecule has 0 aliphatic carbocycles. The van der Waals surface area contributed by atoms with Gasteiger partial charge in [0.1, 0.15) is 5.75 Å². The SMILES string of the molecule is Oc1ccc2c(c1)CN(c1ccc(Cl)c(Cl)c1)CC2. The van der Waals surface area contributed by atoms with Crippen molar-refractivity contribution in [1.82, 2.24) is 0 Å². The maximum atomic E-state index is 9.57. The van der Waals surface area contributed by atoms with Gasteiger partial charge < -0.3 is 10.0 Å². The van der Waals surface area contributed by atoms with E-state index in [4.69, 9.17) is 23.2 Å². The summed E-state index contributed by atoms with van der Waals surface area (Å²) in [4.78, 5) is 2.24. The molecule has 4 heteroatoms. The Balaban J connectivity index is 1.90. The molecule has 2 aromatic rings. The van der Waals surface area contributed by atoms with Crippen LogP contribution < -0.4 is 4.90 Å². The molecule has 0 unspecified atom stereocenters. The molecule has 0 amide bonds. The van der Waals surface area contributed by atoms with Gasteiger partial charge in [0.15, 0.2) is 0 Å². The second-order valence-corrected chi connectivity index (χ2v) is 5.54. The van der Waals surface area contributed by atoms with E-state index in [2.05, 4.69) is 4.90 Å². The van der Waals surface area contributed by atoms with Gasteiger partial charge in [-0.3, -0.25) is 0 Å². The van der Waals surface area contributed by atoms with Crippen LogP contribution in [0.4, 0.5) is 5.69 Å². The Bertz CT molecular complexity index is 628. The lowest BCUT2D eigenvalue weighted by atomic mass is 9.99. The van der Waals surface area contributed by atoms with Crippen LogP contribution in [0.5, 0.6) is 5.75 Å². The van der Waals surface area contributed by atoms with Crippen LogP contribution in [-0.2, 0) is 13.0 Å². The lowest BCUT2D eigenvalue weighted by molar-refractivity contribution is 0.473. The number of fused-ring (bicyclic) bond motifs is 1. The number of phenolic OH excluding ortho intramolecular Hbond substituents is 1. The highest BCUT2D eigenvalue weighted by atomic mass is 35.5. The number of nitrogens with zero attached hydrogens (tertiary/aromatic N) is 1. The summed E-state index contributed by atoms with van der Waals surface area (Å²) in [6.45, 7) is 1.72. The maximum Gasteiger partial charge on any atom is 0.115 e. The van der Waals surface area contributed by atoms with Crippen LogP contribution in [0.2, 0.25) is 10.0 Å². The van der Waals surface area contributed by atoms with Crippen LogP contribution in [0.25, 0.3) is 0 Å². The van der Waals surface area contributed by atoms with Crippen molar-refractivity contribution in [2.45, 2.75) is 13.0 Å². The molecule has 19 heavy (non-hydrogen) atoms. The fourth-order valence-corrected chi connectivity index (χ4v) is 2.74. The molecule has 0 radical (unpaired) electrons. The summed E-state index contributed by atoms with van der Waals surface area (Å²) in [5.41, 5.74) is 3.52. The van der Waals surface area contributed by atoms with E-state index >= 15 is 0 Å². The van der Waals surface area contributed by atoms with E-state index in [0.29, 0.717) is 15.8 Å². The van der Waals surface area contributed by atoms with Crippen molar-refractivity contribution in [3.05, 3.63) is 57.6 Å².